The first kappa shape index (κ1) is 14.6. The van der Waals surface area contributed by atoms with E-state index < -0.39 is 0 Å². The van der Waals surface area contributed by atoms with E-state index in [-0.39, 0.29) is 5.91 Å². The van der Waals surface area contributed by atoms with Crippen molar-refractivity contribution in [2.45, 2.75) is 13.5 Å². The van der Waals surface area contributed by atoms with Crippen molar-refractivity contribution in [2.75, 3.05) is 5.43 Å². The lowest BCUT2D eigenvalue weighted by molar-refractivity contribution is 0.0951. The molecule has 4 nitrogen and oxygen atoms in total. The summed E-state index contributed by atoms with van der Waals surface area (Å²) in [5, 5.41) is 2.89. The van der Waals surface area contributed by atoms with E-state index in [0.29, 0.717) is 17.8 Å². The molecule has 0 spiro atoms. The van der Waals surface area contributed by atoms with Gasteiger partial charge in [0.15, 0.2) is 0 Å². The van der Waals surface area contributed by atoms with Crippen molar-refractivity contribution in [1.82, 2.24) is 5.32 Å². The Morgan fingerprint density at radius 3 is 2.70 bits per heavy atom. The number of benzene rings is 2. The molecular formula is C15H16BrN3O. The fourth-order valence-corrected chi connectivity index (χ4v) is 2.31. The van der Waals surface area contributed by atoms with Crippen LogP contribution in [0.15, 0.2) is 46.9 Å². The van der Waals surface area contributed by atoms with Crippen molar-refractivity contribution >= 4 is 27.5 Å². The van der Waals surface area contributed by atoms with Gasteiger partial charge >= 0.3 is 0 Å². The zero-order valence-electron chi connectivity index (χ0n) is 11.1. The van der Waals surface area contributed by atoms with Gasteiger partial charge in [0, 0.05) is 11.0 Å². The molecule has 2 aromatic carbocycles. The second-order valence-corrected chi connectivity index (χ2v) is 5.32. The maximum absolute atomic E-state index is 12.2. The van der Waals surface area contributed by atoms with Gasteiger partial charge in [-0.3, -0.25) is 10.6 Å². The molecule has 0 saturated carbocycles. The Hall–Kier alpha value is -1.85. The first-order valence-electron chi connectivity index (χ1n) is 6.20. The minimum atomic E-state index is -0.159. The summed E-state index contributed by atoms with van der Waals surface area (Å²) in [6, 6.07) is 13.3. The third-order valence-electron chi connectivity index (χ3n) is 2.97. The minimum Gasteiger partial charge on any atom is -0.348 e. The van der Waals surface area contributed by atoms with Crippen LogP contribution in [0.1, 0.15) is 21.5 Å². The van der Waals surface area contributed by atoms with Gasteiger partial charge in [-0.25, -0.2) is 0 Å². The SMILES string of the molecule is Cc1ccc(C(=O)NCc2ccccc2Br)c(NN)c1. The molecule has 0 aromatic heterocycles. The summed E-state index contributed by atoms with van der Waals surface area (Å²) in [5.74, 6) is 5.29. The van der Waals surface area contributed by atoms with E-state index in [1.807, 2.05) is 43.3 Å². The molecule has 20 heavy (non-hydrogen) atoms. The van der Waals surface area contributed by atoms with Crippen LogP contribution < -0.4 is 16.6 Å². The van der Waals surface area contributed by atoms with E-state index in [9.17, 15) is 4.79 Å². The summed E-state index contributed by atoms with van der Waals surface area (Å²) in [5.41, 5.74) is 5.77. The van der Waals surface area contributed by atoms with Crippen LogP contribution in [0.3, 0.4) is 0 Å². The van der Waals surface area contributed by atoms with E-state index in [4.69, 9.17) is 5.84 Å². The van der Waals surface area contributed by atoms with Crippen molar-refractivity contribution < 1.29 is 4.79 Å². The van der Waals surface area contributed by atoms with E-state index in [2.05, 4.69) is 26.7 Å². The summed E-state index contributed by atoms with van der Waals surface area (Å²) in [4.78, 5) is 12.2. The number of carbonyl (C=O) groups is 1. The van der Waals surface area contributed by atoms with E-state index in [0.717, 1.165) is 15.6 Å². The maximum Gasteiger partial charge on any atom is 0.253 e. The molecule has 0 aliphatic carbocycles. The number of amides is 1. The van der Waals surface area contributed by atoms with Crippen LogP contribution in [-0.4, -0.2) is 5.91 Å². The molecule has 0 heterocycles. The minimum absolute atomic E-state index is 0.159. The van der Waals surface area contributed by atoms with Crippen LogP contribution in [0.2, 0.25) is 0 Å². The van der Waals surface area contributed by atoms with Crippen LogP contribution in [0, 0.1) is 6.92 Å². The second-order valence-electron chi connectivity index (χ2n) is 4.47. The fourth-order valence-electron chi connectivity index (χ4n) is 1.89. The molecule has 0 fully saturated rings. The molecule has 104 valence electrons. The zero-order valence-corrected chi connectivity index (χ0v) is 12.7. The van der Waals surface area contributed by atoms with Gasteiger partial charge in [-0.05, 0) is 36.2 Å². The molecule has 0 bridgehead atoms. The van der Waals surface area contributed by atoms with Gasteiger partial charge in [-0.15, -0.1) is 0 Å². The predicted molar refractivity (Wildman–Crippen MR) is 84.3 cm³/mol. The van der Waals surface area contributed by atoms with Gasteiger partial charge < -0.3 is 10.7 Å². The van der Waals surface area contributed by atoms with Crippen molar-refractivity contribution in [3.63, 3.8) is 0 Å². The molecule has 2 rings (SSSR count). The average Bonchev–Trinajstić information content (AvgIpc) is 2.46. The lowest BCUT2D eigenvalue weighted by Crippen LogP contribution is -2.25. The number of nitrogens with one attached hydrogen (secondary N) is 2. The molecule has 0 aliphatic rings. The van der Waals surface area contributed by atoms with Crippen LogP contribution in [0.5, 0.6) is 0 Å². The second kappa shape index (κ2) is 6.54. The highest BCUT2D eigenvalue weighted by Gasteiger charge is 2.11. The van der Waals surface area contributed by atoms with Gasteiger partial charge in [0.1, 0.15) is 0 Å². The molecule has 2 aromatic rings. The molecule has 0 aliphatic heterocycles. The summed E-state index contributed by atoms with van der Waals surface area (Å²) in [6.07, 6.45) is 0. The molecule has 0 unspecified atom stereocenters. The Morgan fingerprint density at radius 2 is 2.00 bits per heavy atom. The molecule has 4 N–H and O–H groups in total. The number of nitrogens with two attached hydrogens (primary N) is 1. The molecule has 0 saturated heterocycles. The quantitative estimate of drug-likeness (QED) is 0.595. The first-order valence-corrected chi connectivity index (χ1v) is 7.00. The van der Waals surface area contributed by atoms with Gasteiger partial charge in [0.05, 0.1) is 11.3 Å². The van der Waals surface area contributed by atoms with Crippen LogP contribution in [0.25, 0.3) is 0 Å². The smallest absolute Gasteiger partial charge is 0.253 e. The third kappa shape index (κ3) is 3.37. The van der Waals surface area contributed by atoms with Crippen molar-refractivity contribution in [3.05, 3.63) is 63.6 Å². The van der Waals surface area contributed by atoms with Crippen molar-refractivity contribution in [1.29, 1.82) is 0 Å². The first-order chi connectivity index (χ1) is 9.61. The molecule has 0 radical (unpaired) electrons. The Labute approximate surface area is 126 Å². The van der Waals surface area contributed by atoms with E-state index in [1.165, 1.54) is 0 Å². The molecule has 1 amide bonds. The predicted octanol–water partition coefficient (Wildman–Crippen LogP) is 2.97. The number of rotatable bonds is 4. The Morgan fingerprint density at radius 1 is 1.25 bits per heavy atom. The van der Waals surface area contributed by atoms with E-state index >= 15 is 0 Å². The average molecular weight is 334 g/mol. The zero-order chi connectivity index (χ0) is 14.5. The molecule has 0 atom stereocenters. The van der Waals surface area contributed by atoms with E-state index in [1.54, 1.807) is 6.07 Å². The number of nitrogen functional groups attached to an aromatic ring is 1. The Kier molecular flexibility index (Phi) is 4.76. The number of carbonyl (C=O) groups excluding carboxylic acids is 1. The van der Waals surface area contributed by atoms with Crippen molar-refractivity contribution in [2.24, 2.45) is 5.84 Å². The lowest BCUT2D eigenvalue weighted by atomic mass is 10.1. The van der Waals surface area contributed by atoms with Crippen LogP contribution in [0.4, 0.5) is 5.69 Å². The van der Waals surface area contributed by atoms with Gasteiger partial charge in [-0.1, -0.05) is 40.2 Å². The number of hydrogen-bond acceptors (Lipinski definition) is 3. The summed E-state index contributed by atoms with van der Waals surface area (Å²) >= 11 is 3.46. The monoisotopic (exact) mass is 333 g/mol. The third-order valence-corrected chi connectivity index (χ3v) is 3.75. The maximum atomic E-state index is 12.2. The molecular weight excluding hydrogens is 318 g/mol. The summed E-state index contributed by atoms with van der Waals surface area (Å²) < 4.78 is 0.973. The summed E-state index contributed by atoms with van der Waals surface area (Å²) in [6.45, 7) is 2.40. The highest BCUT2D eigenvalue weighted by atomic mass is 79.9. The number of aryl methyl sites for hydroxylation is 1. The number of hydrazine groups is 1. The van der Waals surface area contributed by atoms with Crippen LogP contribution >= 0.6 is 15.9 Å². The number of hydrogen-bond donors (Lipinski definition) is 3. The highest BCUT2D eigenvalue weighted by molar-refractivity contribution is 9.10. The topological polar surface area (TPSA) is 67.2 Å². The van der Waals surface area contributed by atoms with Gasteiger partial charge in [-0.2, -0.15) is 0 Å². The largest absolute Gasteiger partial charge is 0.348 e. The van der Waals surface area contributed by atoms with Crippen LogP contribution in [-0.2, 0) is 6.54 Å². The number of halogens is 1. The normalized spacial score (nSPS) is 10.2. The Bertz CT molecular complexity index is 628. The van der Waals surface area contributed by atoms with Crippen molar-refractivity contribution in [3.8, 4) is 0 Å². The standard InChI is InChI=1S/C15H16BrN3O/c1-10-6-7-12(14(8-10)19-17)15(20)18-9-11-4-2-3-5-13(11)16/h2-8,19H,9,17H2,1H3,(H,18,20). The Balaban J connectivity index is 2.11. The lowest BCUT2D eigenvalue weighted by Gasteiger charge is -2.11. The highest BCUT2D eigenvalue weighted by Crippen LogP contribution is 2.18. The van der Waals surface area contributed by atoms with Gasteiger partial charge in [0.25, 0.3) is 5.91 Å². The summed E-state index contributed by atoms with van der Waals surface area (Å²) in [7, 11) is 0. The van der Waals surface area contributed by atoms with Gasteiger partial charge in [0.2, 0.25) is 0 Å². The fraction of sp³-hybridized carbons (Fsp3) is 0.133. The molecule has 5 heteroatoms. The number of anilines is 1.